The number of hydrogen-bond donors (Lipinski definition) is 0. The molecule has 120 valence electrons. The molecule has 3 rings (SSSR count). The molecular formula is C17H9FNO3S2-. The van der Waals surface area contributed by atoms with Gasteiger partial charge in [-0.25, -0.2) is 4.39 Å². The van der Waals surface area contributed by atoms with Crippen LogP contribution in [0.1, 0.15) is 15.9 Å². The SMILES string of the molecule is O=C([O-])c1ccc(N2C(=O)/C(=C\c3ccccc3F)SC2=S)cc1. The van der Waals surface area contributed by atoms with Gasteiger partial charge < -0.3 is 9.90 Å². The predicted octanol–water partition coefficient (Wildman–Crippen LogP) is 2.60. The monoisotopic (exact) mass is 358 g/mol. The molecule has 0 radical (unpaired) electrons. The first-order valence-electron chi connectivity index (χ1n) is 6.81. The molecular weight excluding hydrogens is 349 g/mol. The van der Waals surface area contributed by atoms with E-state index in [-0.39, 0.29) is 11.5 Å². The molecule has 1 fully saturated rings. The lowest BCUT2D eigenvalue weighted by molar-refractivity contribution is -0.255. The third-order valence-electron chi connectivity index (χ3n) is 3.35. The Kier molecular flexibility index (Phi) is 4.46. The van der Waals surface area contributed by atoms with Crippen LogP contribution in [-0.2, 0) is 4.79 Å². The van der Waals surface area contributed by atoms with Gasteiger partial charge in [0.2, 0.25) is 0 Å². The number of carboxylic acids is 1. The van der Waals surface area contributed by atoms with Crippen molar-refractivity contribution in [3.8, 4) is 0 Å². The number of nitrogens with zero attached hydrogens (tertiary/aromatic N) is 1. The van der Waals surface area contributed by atoms with E-state index in [1.54, 1.807) is 18.2 Å². The van der Waals surface area contributed by atoms with Gasteiger partial charge in [-0.2, -0.15) is 0 Å². The van der Waals surface area contributed by atoms with E-state index in [1.807, 2.05) is 0 Å². The van der Waals surface area contributed by atoms with E-state index in [0.29, 0.717) is 20.5 Å². The first-order chi connectivity index (χ1) is 11.5. The quantitative estimate of drug-likeness (QED) is 0.623. The topological polar surface area (TPSA) is 60.4 Å². The molecule has 0 bridgehead atoms. The Morgan fingerprint density at radius 2 is 1.83 bits per heavy atom. The fraction of sp³-hybridized carbons (Fsp3) is 0. The van der Waals surface area contributed by atoms with E-state index in [0.717, 1.165) is 11.8 Å². The highest BCUT2D eigenvalue weighted by molar-refractivity contribution is 8.27. The Morgan fingerprint density at radius 1 is 1.17 bits per heavy atom. The van der Waals surface area contributed by atoms with Gasteiger partial charge in [-0.15, -0.1) is 0 Å². The fourth-order valence-electron chi connectivity index (χ4n) is 2.17. The lowest BCUT2D eigenvalue weighted by Gasteiger charge is -2.15. The van der Waals surface area contributed by atoms with Crippen LogP contribution in [0.15, 0.2) is 53.4 Å². The zero-order chi connectivity index (χ0) is 17.3. The summed E-state index contributed by atoms with van der Waals surface area (Å²) in [6.45, 7) is 0. The van der Waals surface area contributed by atoms with Crippen LogP contribution >= 0.6 is 24.0 Å². The first kappa shape index (κ1) is 16.4. The fourth-order valence-corrected chi connectivity index (χ4v) is 3.46. The number of aromatic carboxylic acids is 1. The number of anilines is 1. The molecule has 1 heterocycles. The third-order valence-corrected chi connectivity index (χ3v) is 4.65. The van der Waals surface area contributed by atoms with Crippen LogP contribution in [0.25, 0.3) is 6.08 Å². The molecule has 2 aromatic carbocycles. The second-order valence-electron chi connectivity index (χ2n) is 4.87. The van der Waals surface area contributed by atoms with Gasteiger partial charge in [0.05, 0.1) is 16.6 Å². The van der Waals surface area contributed by atoms with Crippen LogP contribution in [0.2, 0.25) is 0 Å². The summed E-state index contributed by atoms with van der Waals surface area (Å²) < 4.78 is 14.0. The lowest BCUT2D eigenvalue weighted by atomic mass is 10.2. The molecule has 24 heavy (non-hydrogen) atoms. The second-order valence-corrected chi connectivity index (χ2v) is 6.55. The number of hydrogen-bond acceptors (Lipinski definition) is 5. The minimum absolute atomic E-state index is 0.00564. The second kappa shape index (κ2) is 6.54. The molecule has 0 N–H and O–H groups in total. The molecule has 2 aromatic rings. The van der Waals surface area contributed by atoms with Gasteiger partial charge in [-0.1, -0.05) is 54.3 Å². The first-order valence-corrected chi connectivity index (χ1v) is 8.04. The number of amides is 1. The molecule has 1 aliphatic rings. The summed E-state index contributed by atoms with van der Waals surface area (Å²) in [5.74, 6) is -2.11. The van der Waals surface area contributed by atoms with Crippen molar-refractivity contribution in [2.45, 2.75) is 0 Å². The van der Waals surface area contributed by atoms with Gasteiger partial charge in [0, 0.05) is 5.56 Å². The predicted molar refractivity (Wildman–Crippen MR) is 92.8 cm³/mol. The van der Waals surface area contributed by atoms with Gasteiger partial charge in [0.1, 0.15) is 5.82 Å². The van der Waals surface area contributed by atoms with Gasteiger partial charge in [0.15, 0.2) is 4.32 Å². The molecule has 1 amide bonds. The highest BCUT2D eigenvalue weighted by Gasteiger charge is 2.33. The maximum absolute atomic E-state index is 13.7. The van der Waals surface area contributed by atoms with Gasteiger partial charge in [-0.3, -0.25) is 9.69 Å². The van der Waals surface area contributed by atoms with Crippen molar-refractivity contribution in [3.05, 3.63) is 70.4 Å². The summed E-state index contributed by atoms with van der Waals surface area (Å²) in [5, 5.41) is 10.8. The largest absolute Gasteiger partial charge is 0.545 e. The number of carbonyl (C=O) groups is 2. The van der Waals surface area contributed by atoms with Gasteiger partial charge in [0.25, 0.3) is 5.91 Å². The number of thioether (sulfide) groups is 1. The Balaban J connectivity index is 1.92. The summed E-state index contributed by atoms with van der Waals surface area (Å²) in [5.41, 5.74) is 0.746. The molecule has 0 saturated carbocycles. The van der Waals surface area contributed by atoms with Crippen molar-refractivity contribution in [2.75, 3.05) is 4.90 Å². The molecule has 0 aromatic heterocycles. The molecule has 1 aliphatic heterocycles. The highest BCUT2D eigenvalue weighted by atomic mass is 32.2. The van der Waals surface area contributed by atoms with Crippen LogP contribution < -0.4 is 10.0 Å². The Bertz CT molecular complexity index is 878. The zero-order valence-electron chi connectivity index (χ0n) is 12.1. The van der Waals surface area contributed by atoms with Crippen molar-refractivity contribution in [1.29, 1.82) is 0 Å². The molecule has 0 unspecified atom stereocenters. The summed E-state index contributed by atoms with van der Waals surface area (Å²) in [7, 11) is 0. The summed E-state index contributed by atoms with van der Waals surface area (Å²) >= 11 is 6.28. The summed E-state index contributed by atoms with van der Waals surface area (Å²) in [4.78, 5) is 24.9. The minimum Gasteiger partial charge on any atom is -0.545 e. The van der Waals surface area contributed by atoms with Crippen molar-refractivity contribution >= 4 is 51.9 Å². The lowest BCUT2D eigenvalue weighted by Crippen LogP contribution is -2.28. The number of halogens is 1. The number of benzene rings is 2. The van der Waals surface area contributed by atoms with Crippen LogP contribution in [0.3, 0.4) is 0 Å². The highest BCUT2D eigenvalue weighted by Crippen LogP contribution is 2.36. The number of rotatable bonds is 3. The smallest absolute Gasteiger partial charge is 0.270 e. The average molecular weight is 358 g/mol. The molecule has 0 aliphatic carbocycles. The van der Waals surface area contributed by atoms with Crippen molar-refractivity contribution in [1.82, 2.24) is 0 Å². The summed E-state index contributed by atoms with van der Waals surface area (Å²) in [6.07, 6.45) is 1.45. The molecule has 7 heteroatoms. The van der Waals surface area contributed by atoms with Crippen molar-refractivity contribution < 1.29 is 19.1 Å². The van der Waals surface area contributed by atoms with E-state index in [9.17, 15) is 19.1 Å². The molecule has 0 atom stereocenters. The van der Waals surface area contributed by atoms with Gasteiger partial charge >= 0.3 is 0 Å². The van der Waals surface area contributed by atoms with Crippen LogP contribution in [0, 0.1) is 5.82 Å². The van der Waals surface area contributed by atoms with E-state index in [2.05, 4.69) is 0 Å². The Morgan fingerprint density at radius 3 is 2.46 bits per heavy atom. The van der Waals surface area contributed by atoms with E-state index < -0.39 is 11.8 Å². The molecule has 0 spiro atoms. The maximum atomic E-state index is 13.7. The van der Waals surface area contributed by atoms with Crippen LogP contribution in [0.5, 0.6) is 0 Å². The standard InChI is InChI=1S/C17H10FNO3S2/c18-13-4-2-1-3-11(13)9-14-15(20)19(17(23)24-14)12-7-5-10(6-8-12)16(21)22/h1-9H,(H,21,22)/p-1/b14-9+. The van der Waals surface area contributed by atoms with Crippen molar-refractivity contribution in [3.63, 3.8) is 0 Å². The third kappa shape index (κ3) is 3.08. The average Bonchev–Trinajstić information content (AvgIpc) is 2.84. The Hall–Kier alpha value is -2.51. The van der Waals surface area contributed by atoms with E-state index in [4.69, 9.17) is 12.2 Å². The zero-order valence-corrected chi connectivity index (χ0v) is 13.7. The van der Waals surface area contributed by atoms with E-state index in [1.165, 1.54) is 41.3 Å². The number of carbonyl (C=O) groups excluding carboxylic acids is 2. The van der Waals surface area contributed by atoms with E-state index >= 15 is 0 Å². The van der Waals surface area contributed by atoms with Crippen molar-refractivity contribution in [2.24, 2.45) is 0 Å². The summed E-state index contributed by atoms with van der Waals surface area (Å²) in [6, 6.07) is 11.7. The van der Waals surface area contributed by atoms with Gasteiger partial charge in [-0.05, 0) is 29.8 Å². The molecule has 4 nitrogen and oxygen atoms in total. The van der Waals surface area contributed by atoms with Crippen LogP contribution in [0.4, 0.5) is 10.1 Å². The van der Waals surface area contributed by atoms with Crippen LogP contribution in [-0.4, -0.2) is 16.2 Å². The number of carboxylic acid groups (broad SMARTS) is 1. The normalized spacial score (nSPS) is 16.0. The minimum atomic E-state index is -1.30. The number of thiocarbonyl (C=S) groups is 1. The molecule has 1 saturated heterocycles. The maximum Gasteiger partial charge on any atom is 0.270 e. The Labute approximate surface area is 146 Å².